The predicted octanol–water partition coefficient (Wildman–Crippen LogP) is 1.65. The van der Waals surface area contributed by atoms with E-state index in [1.54, 1.807) is 0 Å². The van der Waals surface area contributed by atoms with Gasteiger partial charge in [0.2, 0.25) is 0 Å². The van der Waals surface area contributed by atoms with E-state index >= 15 is 0 Å². The molecule has 2 amide bonds. The van der Waals surface area contributed by atoms with Crippen molar-refractivity contribution in [3.63, 3.8) is 0 Å². The number of primary amides is 2. The van der Waals surface area contributed by atoms with Crippen LogP contribution >= 0.6 is 11.3 Å². The van der Waals surface area contributed by atoms with Crippen molar-refractivity contribution in [1.29, 1.82) is 0 Å². The molecule has 0 spiro atoms. The Kier molecular flexibility index (Phi) is 5.60. The van der Waals surface area contributed by atoms with Gasteiger partial charge in [0.1, 0.15) is 9.88 Å². The van der Waals surface area contributed by atoms with Crippen LogP contribution in [-0.4, -0.2) is 24.9 Å². The van der Waals surface area contributed by atoms with Crippen molar-refractivity contribution in [2.75, 3.05) is 23.7 Å². The van der Waals surface area contributed by atoms with E-state index in [0.717, 1.165) is 24.4 Å². The highest BCUT2D eigenvalue weighted by molar-refractivity contribution is 7.19. The molecule has 118 valence electrons. The Bertz CT molecular complexity index is 527. The Morgan fingerprint density at radius 1 is 1.05 bits per heavy atom. The summed E-state index contributed by atoms with van der Waals surface area (Å²) in [7, 11) is 0. The Morgan fingerprint density at radius 3 is 1.86 bits per heavy atom. The maximum absolute atomic E-state index is 11.7. The lowest BCUT2D eigenvalue weighted by Crippen LogP contribution is -2.32. The van der Waals surface area contributed by atoms with Crippen LogP contribution in [0.3, 0.4) is 0 Å². The minimum atomic E-state index is -0.639. The Morgan fingerprint density at radius 2 is 1.52 bits per heavy atom. The summed E-state index contributed by atoms with van der Waals surface area (Å²) >= 11 is 1.14. The second kappa shape index (κ2) is 6.80. The number of anilines is 2. The van der Waals surface area contributed by atoms with E-state index in [1.165, 1.54) is 0 Å². The molecule has 0 saturated carbocycles. The molecule has 0 atom stereocenters. The van der Waals surface area contributed by atoms with Gasteiger partial charge in [0.25, 0.3) is 11.8 Å². The normalized spacial score (nSPS) is 11.1. The molecule has 1 heterocycles. The largest absolute Gasteiger partial charge is 0.397 e. The van der Waals surface area contributed by atoms with Gasteiger partial charge < -0.3 is 22.1 Å². The molecule has 0 aromatic carbocycles. The smallest absolute Gasteiger partial charge is 0.260 e. The standard InChI is InChI=1S/C14H24N4O2S/c1-7(2)5-18(6-8(3)4)14-9(12(16)19)10(15)11(21-14)13(17)20/h7-8H,5-6,15H2,1-4H3,(H2,16,19)(H2,17,20). The number of carbonyl (C=O) groups excluding carboxylic acids is 2. The van der Waals surface area contributed by atoms with Crippen molar-refractivity contribution in [2.24, 2.45) is 23.3 Å². The van der Waals surface area contributed by atoms with E-state index in [-0.39, 0.29) is 16.1 Å². The molecule has 1 aromatic heterocycles. The van der Waals surface area contributed by atoms with Gasteiger partial charge in [-0.3, -0.25) is 9.59 Å². The Hall–Kier alpha value is -1.76. The fraction of sp³-hybridized carbons (Fsp3) is 0.571. The topological polar surface area (TPSA) is 115 Å². The zero-order valence-corrected chi connectivity index (χ0v) is 13.8. The van der Waals surface area contributed by atoms with Crippen LogP contribution in [0.25, 0.3) is 0 Å². The van der Waals surface area contributed by atoms with Gasteiger partial charge in [-0.05, 0) is 11.8 Å². The molecule has 0 aliphatic rings. The third kappa shape index (κ3) is 4.10. The number of rotatable bonds is 7. The van der Waals surface area contributed by atoms with Crippen molar-refractivity contribution >= 4 is 33.8 Å². The minimum absolute atomic E-state index is 0.0903. The van der Waals surface area contributed by atoms with Gasteiger partial charge >= 0.3 is 0 Å². The number of hydrogen-bond donors (Lipinski definition) is 3. The average molecular weight is 312 g/mol. The van der Waals surface area contributed by atoms with Gasteiger partial charge in [-0.25, -0.2) is 0 Å². The second-order valence-corrected chi connectivity index (χ2v) is 6.95. The van der Waals surface area contributed by atoms with Gasteiger partial charge in [0.05, 0.1) is 11.3 Å². The van der Waals surface area contributed by atoms with E-state index in [4.69, 9.17) is 17.2 Å². The number of thiophene rings is 1. The molecule has 0 fully saturated rings. The van der Waals surface area contributed by atoms with Crippen LogP contribution in [0, 0.1) is 11.8 Å². The van der Waals surface area contributed by atoms with E-state index in [1.807, 2.05) is 0 Å². The first-order valence-corrected chi connectivity index (χ1v) is 7.73. The fourth-order valence-electron chi connectivity index (χ4n) is 2.20. The number of hydrogen-bond acceptors (Lipinski definition) is 5. The zero-order valence-electron chi connectivity index (χ0n) is 13.0. The molecule has 0 bridgehead atoms. The second-order valence-electron chi connectivity index (χ2n) is 5.95. The maximum atomic E-state index is 11.7. The quantitative estimate of drug-likeness (QED) is 0.709. The third-order valence-electron chi connectivity index (χ3n) is 2.86. The molecule has 0 aliphatic heterocycles. The van der Waals surface area contributed by atoms with Crippen molar-refractivity contribution < 1.29 is 9.59 Å². The van der Waals surface area contributed by atoms with Crippen LogP contribution in [-0.2, 0) is 0 Å². The molecule has 0 aliphatic carbocycles. The van der Waals surface area contributed by atoms with E-state index < -0.39 is 11.8 Å². The SMILES string of the molecule is CC(C)CN(CC(C)C)c1sc(C(N)=O)c(N)c1C(N)=O. The van der Waals surface area contributed by atoms with Gasteiger partial charge in [-0.1, -0.05) is 27.7 Å². The Balaban J connectivity index is 3.38. The van der Waals surface area contributed by atoms with Crippen LogP contribution in [0.15, 0.2) is 0 Å². The maximum Gasteiger partial charge on any atom is 0.260 e. The van der Waals surface area contributed by atoms with Crippen LogP contribution in [0.2, 0.25) is 0 Å². The monoisotopic (exact) mass is 312 g/mol. The summed E-state index contributed by atoms with van der Waals surface area (Å²) in [6.45, 7) is 9.84. The summed E-state index contributed by atoms with van der Waals surface area (Å²) in [6.07, 6.45) is 0. The molecule has 0 saturated heterocycles. The van der Waals surface area contributed by atoms with Gasteiger partial charge in [0.15, 0.2) is 0 Å². The minimum Gasteiger partial charge on any atom is -0.397 e. The van der Waals surface area contributed by atoms with Crippen LogP contribution in [0.5, 0.6) is 0 Å². The third-order valence-corrected chi connectivity index (χ3v) is 4.14. The van der Waals surface area contributed by atoms with Crippen LogP contribution in [0.4, 0.5) is 10.7 Å². The van der Waals surface area contributed by atoms with Crippen LogP contribution in [0.1, 0.15) is 47.7 Å². The summed E-state index contributed by atoms with van der Waals surface area (Å²) in [6, 6.07) is 0. The Labute approximate surface area is 129 Å². The molecule has 0 radical (unpaired) electrons. The number of nitrogen functional groups attached to an aromatic ring is 1. The average Bonchev–Trinajstić information content (AvgIpc) is 2.64. The van der Waals surface area contributed by atoms with Gasteiger partial charge in [-0.15, -0.1) is 11.3 Å². The summed E-state index contributed by atoms with van der Waals surface area (Å²) in [5.74, 6) is -0.487. The van der Waals surface area contributed by atoms with Crippen LogP contribution < -0.4 is 22.1 Å². The summed E-state index contributed by atoms with van der Waals surface area (Å²) in [5.41, 5.74) is 16.9. The van der Waals surface area contributed by atoms with E-state index in [2.05, 4.69) is 32.6 Å². The summed E-state index contributed by atoms with van der Waals surface area (Å²) < 4.78 is 0. The number of amides is 2. The molecule has 1 aromatic rings. The first-order chi connectivity index (χ1) is 9.65. The summed E-state index contributed by atoms with van der Waals surface area (Å²) in [4.78, 5) is 25.4. The molecular formula is C14H24N4O2S. The molecule has 6 N–H and O–H groups in total. The number of nitrogens with zero attached hydrogens (tertiary/aromatic N) is 1. The molecular weight excluding hydrogens is 288 g/mol. The predicted molar refractivity (Wildman–Crippen MR) is 87.7 cm³/mol. The highest BCUT2D eigenvalue weighted by Gasteiger charge is 2.27. The van der Waals surface area contributed by atoms with Crippen molar-refractivity contribution in [1.82, 2.24) is 0 Å². The van der Waals surface area contributed by atoms with Gasteiger partial charge in [-0.2, -0.15) is 0 Å². The lowest BCUT2D eigenvalue weighted by Gasteiger charge is -2.27. The first-order valence-electron chi connectivity index (χ1n) is 6.91. The zero-order chi connectivity index (χ0) is 16.3. The lowest BCUT2D eigenvalue weighted by molar-refractivity contribution is 0.0999. The fourth-order valence-corrected chi connectivity index (χ4v) is 3.29. The number of carbonyl (C=O) groups is 2. The van der Waals surface area contributed by atoms with Crippen molar-refractivity contribution in [2.45, 2.75) is 27.7 Å². The van der Waals surface area contributed by atoms with E-state index in [0.29, 0.717) is 16.8 Å². The van der Waals surface area contributed by atoms with Gasteiger partial charge in [0, 0.05) is 13.1 Å². The summed E-state index contributed by atoms with van der Waals surface area (Å²) in [5, 5.41) is 0.635. The highest BCUT2D eigenvalue weighted by Crippen LogP contribution is 2.38. The number of nitrogens with two attached hydrogens (primary N) is 3. The molecule has 1 rings (SSSR count). The molecule has 6 nitrogen and oxygen atoms in total. The molecule has 0 unspecified atom stereocenters. The van der Waals surface area contributed by atoms with E-state index in [9.17, 15) is 9.59 Å². The van der Waals surface area contributed by atoms with Crippen molar-refractivity contribution in [3.05, 3.63) is 10.4 Å². The lowest BCUT2D eigenvalue weighted by atomic mass is 10.1. The molecule has 21 heavy (non-hydrogen) atoms. The van der Waals surface area contributed by atoms with Crippen molar-refractivity contribution in [3.8, 4) is 0 Å². The first kappa shape index (κ1) is 17.3. The molecule has 7 heteroatoms. The highest BCUT2D eigenvalue weighted by atomic mass is 32.1.